The maximum absolute atomic E-state index is 12.1. The predicted molar refractivity (Wildman–Crippen MR) is 90.9 cm³/mol. The van der Waals surface area contributed by atoms with E-state index < -0.39 is 0 Å². The number of carbonyl (C=O) groups is 2. The first kappa shape index (κ1) is 15.9. The van der Waals surface area contributed by atoms with Crippen molar-refractivity contribution in [2.75, 3.05) is 25.0 Å². The first-order valence-electron chi connectivity index (χ1n) is 7.72. The first-order valence-corrected chi connectivity index (χ1v) is 8.60. The van der Waals surface area contributed by atoms with Gasteiger partial charge in [-0.3, -0.25) is 19.5 Å². The molecular weight excluding hydrogens is 314 g/mol. The lowest BCUT2D eigenvalue weighted by Crippen LogP contribution is -2.32. The number of amidine groups is 1. The van der Waals surface area contributed by atoms with Crippen LogP contribution in [0.25, 0.3) is 0 Å². The van der Waals surface area contributed by atoms with Gasteiger partial charge in [-0.05, 0) is 30.7 Å². The summed E-state index contributed by atoms with van der Waals surface area (Å²) in [6.45, 7) is 4.03. The zero-order valence-corrected chi connectivity index (χ0v) is 13.8. The molecule has 1 unspecified atom stereocenters. The van der Waals surface area contributed by atoms with Gasteiger partial charge >= 0.3 is 0 Å². The molecule has 2 heterocycles. The van der Waals surface area contributed by atoms with Gasteiger partial charge in [0.1, 0.15) is 11.0 Å². The van der Waals surface area contributed by atoms with Crippen molar-refractivity contribution >= 4 is 34.4 Å². The summed E-state index contributed by atoms with van der Waals surface area (Å²) in [5.41, 5.74) is 0.701. The number of aliphatic imine (C=N–C) groups is 1. The summed E-state index contributed by atoms with van der Waals surface area (Å²) in [5.74, 6) is 0.606. The fraction of sp³-hybridized carbons (Fsp3) is 0.438. The summed E-state index contributed by atoms with van der Waals surface area (Å²) in [5, 5.41) is 3.21. The average molecular weight is 333 g/mol. The van der Waals surface area contributed by atoms with Crippen molar-refractivity contribution in [3.8, 4) is 5.75 Å². The first-order chi connectivity index (χ1) is 11.2. The Balaban J connectivity index is 1.52. The summed E-state index contributed by atoms with van der Waals surface area (Å²) >= 11 is 1.39. The minimum atomic E-state index is -0.360. The second-order valence-electron chi connectivity index (χ2n) is 5.39. The normalized spacial score (nSPS) is 19.5. The molecule has 0 aliphatic carbocycles. The lowest BCUT2D eigenvalue weighted by atomic mass is 10.2. The molecule has 1 saturated heterocycles. The fourth-order valence-corrected chi connectivity index (χ4v) is 3.64. The lowest BCUT2D eigenvalue weighted by Gasteiger charge is -2.11. The summed E-state index contributed by atoms with van der Waals surface area (Å²) in [6, 6.07) is 7.25. The second kappa shape index (κ2) is 7.04. The highest BCUT2D eigenvalue weighted by Gasteiger charge is 2.40. The minimum absolute atomic E-state index is 0.00952. The van der Waals surface area contributed by atoms with Crippen molar-refractivity contribution in [2.24, 2.45) is 4.99 Å². The van der Waals surface area contributed by atoms with Crippen molar-refractivity contribution in [1.82, 2.24) is 4.90 Å². The van der Waals surface area contributed by atoms with Gasteiger partial charge in [0, 0.05) is 18.7 Å². The van der Waals surface area contributed by atoms with Gasteiger partial charge in [0.15, 0.2) is 5.17 Å². The van der Waals surface area contributed by atoms with Crippen LogP contribution >= 0.6 is 11.8 Å². The molecule has 0 radical (unpaired) electrons. The van der Waals surface area contributed by atoms with Crippen molar-refractivity contribution in [3.63, 3.8) is 0 Å². The Hall–Kier alpha value is -2.02. The van der Waals surface area contributed by atoms with Gasteiger partial charge in [-0.1, -0.05) is 18.7 Å². The molecule has 1 fully saturated rings. The number of nitrogens with one attached hydrogen (secondary N) is 1. The summed E-state index contributed by atoms with van der Waals surface area (Å²) in [4.78, 5) is 30.2. The summed E-state index contributed by atoms with van der Waals surface area (Å²) < 4.78 is 5.50. The van der Waals surface area contributed by atoms with Gasteiger partial charge in [-0.2, -0.15) is 0 Å². The zero-order valence-electron chi connectivity index (χ0n) is 12.9. The maximum atomic E-state index is 12.1. The third-order valence-corrected chi connectivity index (χ3v) is 4.79. The molecule has 6 nitrogen and oxygen atoms in total. The topological polar surface area (TPSA) is 71.0 Å². The van der Waals surface area contributed by atoms with Crippen LogP contribution in [0.1, 0.15) is 19.8 Å². The monoisotopic (exact) mass is 333 g/mol. The van der Waals surface area contributed by atoms with Crippen molar-refractivity contribution in [1.29, 1.82) is 0 Å². The molecule has 0 bridgehead atoms. The van der Waals surface area contributed by atoms with Crippen molar-refractivity contribution in [2.45, 2.75) is 25.0 Å². The highest BCUT2D eigenvalue weighted by Crippen LogP contribution is 2.31. The van der Waals surface area contributed by atoms with E-state index in [-0.39, 0.29) is 23.5 Å². The van der Waals surface area contributed by atoms with Gasteiger partial charge in [-0.15, -0.1) is 0 Å². The number of hydrogen-bond donors (Lipinski definition) is 1. The third kappa shape index (κ3) is 3.67. The molecule has 0 spiro atoms. The highest BCUT2D eigenvalue weighted by atomic mass is 32.2. The quantitative estimate of drug-likeness (QED) is 0.865. The Kier molecular flexibility index (Phi) is 4.85. The molecule has 2 aliphatic rings. The minimum Gasteiger partial charge on any atom is -0.494 e. The number of ether oxygens (including phenoxy) is 1. The van der Waals surface area contributed by atoms with E-state index in [0.717, 1.165) is 17.3 Å². The molecule has 7 heteroatoms. The number of thioether (sulfide) groups is 1. The number of amides is 2. The number of carbonyl (C=O) groups excluding carboxylic acids is 2. The molecule has 1 aromatic rings. The van der Waals surface area contributed by atoms with Crippen molar-refractivity contribution in [3.05, 3.63) is 24.3 Å². The molecule has 3 rings (SSSR count). The van der Waals surface area contributed by atoms with E-state index in [1.165, 1.54) is 11.8 Å². The predicted octanol–water partition coefficient (Wildman–Crippen LogP) is 2.12. The third-order valence-electron chi connectivity index (χ3n) is 3.57. The largest absolute Gasteiger partial charge is 0.494 e. The van der Waals surface area contributed by atoms with Crippen LogP contribution in [0.15, 0.2) is 29.3 Å². The van der Waals surface area contributed by atoms with Crippen LogP contribution < -0.4 is 10.1 Å². The van der Waals surface area contributed by atoms with Crippen LogP contribution in [0, 0.1) is 0 Å². The van der Waals surface area contributed by atoms with E-state index in [9.17, 15) is 9.59 Å². The highest BCUT2D eigenvalue weighted by molar-refractivity contribution is 8.15. The number of anilines is 1. The second-order valence-corrected chi connectivity index (χ2v) is 6.56. The smallest absolute Gasteiger partial charge is 0.242 e. The lowest BCUT2D eigenvalue weighted by molar-refractivity contribution is -0.127. The standard InChI is InChI=1S/C16H19N3O3S/c1-2-9-22-12-5-3-11(4-6-12)18-14(20)10-13-15(21)19-8-7-17-16(19)23-13/h3-6,13H,2,7-10H2,1H3,(H,18,20). The molecule has 2 amide bonds. The Bertz CT molecular complexity index is 630. The van der Waals surface area contributed by atoms with E-state index in [0.29, 0.717) is 25.4 Å². The van der Waals surface area contributed by atoms with Crippen LogP contribution in [0.5, 0.6) is 5.75 Å². The van der Waals surface area contributed by atoms with Crippen LogP contribution in [0.2, 0.25) is 0 Å². The molecule has 23 heavy (non-hydrogen) atoms. The summed E-state index contributed by atoms with van der Waals surface area (Å²) in [6.07, 6.45) is 1.11. The zero-order chi connectivity index (χ0) is 16.2. The molecule has 2 aliphatic heterocycles. The van der Waals surface area contributed by atoms with Crippen LogP contribution in [-0.4, -0.2) is 46.8 Å². The van der Waals surface area contributed by atoms with Gasteiger partial charge < -0.3 is 10.1 Å². The van der Waals surface area contributed by atoms with Crippen molar-refractivity contribution < 1.29 is 14.3 Å². The van der Waals surface area contributed by atoms with E-state index >= 15 is 0 Å². The van der Waals surface area contributed by atoms with Crippen LogP contribution in [0.4, 0.5) is 5.69 Å². The molecule has 0 saturated carbocycles. The van der Waals surface area contributed by atoms with E-state index in [1.54, 1.807) is 17.0 Å². The van der Waals surface area contributed by atoms with Gasteiger partial charge in [0.05, 0.1) is 13.2 Å². The molecular formula is C16H19N3O3S. The van der Waals surface area contributed by atoms with Gasteiger partial charge in [0.2, 0.25) is 11.8 Å². The Morgan fingerprint density at radius 3 is 2.91 bits per heavy atom. The molecule has 0 aromatic heterocycles. The number of benzene rings is 1. The molecule has 1 atom stereocenters. The van der Waals surface area contributed by atoms with E-state index in [4.69, 9.17) is 4.74 Å². The number of rotatable bonds is 6. The number of hydrogen-bond acceptors (Lipinski definition) is 5. The SMILES string of the molecule is CCCOc1ccc(NC(=O)CC2SC3=NCCN3C2=O)cc1. The molecule has 122 valence electrons. The van der Waals surface area contributed by atoms with E-state index in [1.807, 2.05) is 19.1 Å². The average Bonchev–Trinajstić information content (AvgIpc) is 3.11. The van der Waals surface area contributed by atoms with Crippen LogP contribution in [-0.2, 0) is 9.59 Å². The maximum Gasteiger partial charge on any atom is 0.242 e. The van der Waals surface area contributed by atoms with Gasteiger partial charge in [-0.25, -0.2) is 0 Å². The fourth-order valence-electron chi connectivity index (χ4n) is 2.45. The van der Waals surface area contributed by atoms with Crippen LogP contribution in [0.3, 0.4) is 0 Å². The Labute approximate surface area is 139 Å². The Morgan fingerprint density at radius 2 is 2.22 bits per heavy atom. The summed E-state index contributed by atoms with van der Waals surface area (Å²) in [7, 11) is 0. The Morgan fingerprint density at radius 1 is 1.43 bits per heavy atom. The number of nitrogens with zero attached hydrogens (tertiary/aromatic N) is 2. The number of fused-ring (bicyclic) bond motifs is 1. The molecule has 1 aromatic carbocycles. The molecule has 1 N–H and O–H groups in total. The van der Waals surface area contributed by atoms with Gasteiger partial charge in [0.25, 0.3) is 0 Å². The van der Waals surface area contributed by atoms with E-state index in [2.05, 4.69) is 10.3 Å².